The summed E-state index contributed by atoms with van der Waals surface area (Å²) in [5.74, 6) is 3.07. The van der Waals surface area contributed by atoms with Crippen molar-refractivity contribution in [2.24, 2.45) is 12.0 Å². The van der Waals surface area contributed by atoms with Gasteiger partial charge in [-0.25, -0.2) is 4.98 Å². The SMILES string of the molecule is Cn1ccc(Nc2ncc3c(n2)N2CCN=C2C(Br)=C3)n1. The summed E-state index contributed by atoms with van der Waals surface area (Å²) in [4.78, 5) is 15.5. The first-order chi connectivity index (χ1) is 10.2. The van der Waals surface area contributed by atoms with Crippen LogP contribution in [-0.2, 0) is 7.05 Å². The van der Waals surface area contributed by atoms with E-state index in [0.717, 1.165) is 40.6 Å². The van der Waals surface area contributed by atoms with Crippen LogP contribution in [0.3, 0.4) is 0 Å². The van der Waals surface area contributed by atoms with E-state index in [-0.39, 0.29) is 0 Å². The smallest absolute Gasteiger partial charge is 0.230 e. The quantitative estimate of drug-likeness (QED) is 0.900. The molecule has 8 heteroatoms. The third-order valence-corrected chi connectivity index (χ3v) is 3.93. The van der Waals surface area contributed by atoms with Crippen LogP contribution in [0.15, 0.2) is 27.9 Å². The fraction of sp³-hybridized carbons (Fsp3) is 0.231. The van der Waals surface area contributed by atoms with Gasteiger partial charge in [-0.2, -0.15) is 10.1 Å². The van der Waals surface area contributed by atoms with Gasteiger partial charge >= 0.3 is 0 Å². The first-order valence-corrected chi connectivity index (χ1v) is 7.33. The highest BCUT2D eigenvalue weighted by atomic mass is 79.9. The third kappa shape index (κ3) is 2.11. The number of hydrogen-bond acceptors (Lipinski definition) is 6. The summed E-state index contributed by atoms with van der Waals surface area (Å²) in [5.41, 5.74) is 0.981. The van der Waals surface area contributed by atoms with Crippen molar-refractivity contribution in [2.45, 2.75) is 0 Å². The topological polar surface area (TPSA) is 71.2 Å². The number of nitrogens with one attached hydrogen (secondary N) is 1. The summed E-state index contributed by atoms with van der Waals surface area (Å²) in [7, 11) is 1.87. The summed E-state index contributed by atoms with van der Waals surface area (Å²) >= 11 is 3.54. The number of aryl methyl sites for hydroxylation is 1. The number of nitrogens with zero attached hydrogens (tertiary/aromatic N) is 6. The van der Waals surface area contributed by atoms with E-state index >= 15 is 0 Å². The molecule has 0 saturated carbocycles. The zero-order valence-corrected chi connectivity index (χ0v) is 12.9. The Morgan fingerprint density at radius 2 is 2.29 bits per heavy atom. The van der Waals surface area contributed by atoms with Crippen molar-refractivity contribution in [3.8, 4) is 0 Å². The van der Waals surface area contributed by atoms with Crippen LogP contribution < -0.4 is 10.2 Å². The fourth-order valence-corrected chi connectivity index (χ4v) is 3.00. The lowest BCUT2D eigenvalue weighted by Gasteiger charge is -2.25. The first-order valence-electron chi connectivity index (χ1n) is 6.54. The Hall–Kier alpha value is -2.22. The number of anilines is 3. The van der Waals surface area contributed by atoms with E-state index in [0.29, 0.717) is 5.95 Å². The Morgan fingerprint density at radius 1 is 1.38 bits per heavy atom. The fourth-order valence-electron chi connectivity index (χ4n) is 2.42. The van der Waals surface area contributed by atoms with E-state index in [4.69, 9.17) is 0 Å². The van der Waals surface area contributed by atoms with Crippen LogP contribution in [0.5, 0.6) is 0 Å². The van der Waals surface area contributed by atoms with Gasteiger partial charge in [-0.15, -0.1) is 0 Å². The van der Waals surface area contributed by atoms with E-state index < -0.39 is 0 Å². The highest BCUT2D eigenvalue weighted by molar-refractivity contribution is 9.12. The predicted octanol–water partition coefficient (Wildman–Crippen LogP) is 1.92. The van der Waals surface area contributed by atoms with Crippen LogP contribution >= 0.6 is 15.9 Å². The molecule has 2 aromatic heterocycles. The Kier molecular flexibility index (Phi) is 2.78. The van der Waals surface area contributed by atoms with Crippen molar-refractivity contribution >= 4 is 45.4 Å². The van der Waals surface area contributed by atoms with Crippen LogP contribution in [0.1, 0.15) is 5.56 Å². The molecule has 0 saturated heterocycles. The predicted molar refractivity (Wildman–Crippen MR) is 85.1 cm³/mol. The highest BCUT2D eigenvalue weighted by Crippen LogP contribution is 2.33. The molecule has 0 aliphatic carbocycles. The molecule has 21 heavy (non-hydrogen) atoms. The number of aromatic nitrogens is 4. The van der Waals surface area contributed by atoms with Crippen LogP contribution in [0.2, 0.25) is 0 Å². The minimum atomic E-state index is 0.533. The molecule has 0 atom stereocenters. The van der Waals surface area contributed by atoms with E-state index in [2.05, 4.69) is 46.2 Å². The van der Waals surface area contributed by atoms with Gasteiger partial charge in [0.05, 0.1) is 11.0 Å². The maximum atomic E-state index is 4.60. The third-order valence-electron chi connectivity index (χ3n) is 3.34. The molecule has 0 aromatic carbocycles. The van der Waals surface area contributed by atoms with E-state index in [9.17, 15) is 0 Å². The van der Waals surface area contributed by atoms with E-state index in [1.807, 2.05) is 31.6 Å². The number of rotatable bonds is 2. The molecule has 4 heterocycles. The van der Waals surface area contributed by atoms with Crippen LogP contribution in [0.4, 0.5) is 17.6 Å². The van der Waals surface area contributed by atoms with Crippen molar-refractivity contribution in [2.75, 3.05) is 23.3 Å². The molecular weight excluding hydrogens is 334 g/mol. The Bertz CT molecular complexity index is 777. The molecule has 0 bridgehead atoms. The zero-order chi connectivity index (χ0) is 14.4. The van der Waals surface area contributed by atoms with Gasteiger partial charge in [0.2, 0.25) is 5.95 Å². The summed E-state index contributed by atoms with van der Waals surface area (Å²) in [6.45, 7) is 1.62. The summed E-state index contributed by atoms with van der Waals surface area (Å²) in [6, 6.07) is 1.88. The van der Waals surface area contributed by atoms with Gasteiger partial charge in [-0.1, -0.05) is 0 Å². The van der Waals surface area contributed by atoms with Crippen LogP contribution in [0, 0.1) is 0 Å². The zero-order valence-electron chi connectivity index (χ0n) is 11.3. The van der Waals surface area contributed by atoms with Gasteiger partial charge < -0.3 is 10.2 Å². The van der Waals surface area contributed by atoms with Crippen molar-refractivity contribution in [1.82, 2.24) is 19.7 Å². The molecule has 2 aliphatic heterocycles. The summed E-state index contributed by atoms with van der Waals surface area (Å²) in [6.07, 6.45) is 5.68. The number of aliphatic imine (C=N–C) groups is 1. The Balaban J connectivity index is 1.71. The lowest BCUT2D eigenvalue weighted by molar-refractivity contribution is 0.770. The first kappa shape index (κ1) is 12.5. The van der Waals surface area contributed by atoms with Gasteiger partial charge in [0, 0.05) is 37.6 Å². The number of hydrogen-bond donors (Lipinski definition) is 1. The van der Waals surface area contributed by atoms with Crippen molar-refractivity contribution < 1.29 is 0 Å². The number of halogens is 1. The number of fused-ring (bicyclic) bond motifs is 3. The van der Waals surface area contributed by atoms with Crippen LogP contribution in [0.25, 0.3) is 6.08 Å². The molecule has 2 aliphatic rings. The Morgan fingerprint density at radius 3 is 3.10 bits per heavy atom. The lowest BCUT2D eigenvalue weighted by Crippen LogP contribution is -2.31. The van der Waals surface area contributed by atoms with Gasteiger partial charge in [-0.3, -0.25) is 9.67 Å². The largest absolute Gasteiger partial charge is 0.308 e. The monoisotopic (exact) mass is 345 g/mol. The van der Waals surface area contributed by atoms with E-state index in [1.165, 1.54) is 0 Å². The van der Waals surface area contributed by atoms with Gasteiger partial charge in [0.1, 0.15) is 11.7 Å². The molecule has 0 spiro atoms. The van der Waals surface area contributed by atoms with Gasteiger partial charge in [0.15, 0.2) is 5.82 Å². The Labute approximate surface area is 129 Å². The van der Waals surface area contributed by atoms with Crippen molar-refractivity contribution in [3.63, 3.8) is 0 Å². The molecule has 0 amide bonds. The minimum Gasteiger partial charge on any atom is -0.308 e. The molecular formula is C13H12BrN7. The average Bonchev–Trinajstić information content (AvgIpc) is 3.09. The highest BCUT2D eigenvalue weighted by Gasteiger charge is 2.28. The van der Waals surface area contributed by atoms with Crippen molar-refractivity contribution in [3.05, 3.63) is 28.5 Å². The molecule has 0 fully saturated rings. The van der Waals surface area contributed by atoms with E-state index in [1.54, 1.807) is 4.68 Å². The normalized spacial score (nSPS) is 16.2. The molecule has 4 rings (SSSR count). The second-order valence-corrected chi connectivity index (χ2v) is 5.68. The summed E-state index contributed by atoms with van der Waals surface area (Å²) < 4.78 is 2.70. The van der Waals surface area contributed by atoms with Crippen LogP contribution in [-0.4, -0.2) is 38.7 Å². The average molecular weight is 346 g/mol. The molecule has 0 radical (unpaired) electrons. The molecule has 106 valence electrons. The second kappa shape index (κ2) is 4.66. The van der Waals surface area contributed by atoms with Gasteiger partial charge in [-0.05, 0) is 22.0 Å². The molecule has 1 N–H and O–H groups in total. The number of amidine groups is 1. The minimum absolute atomic E-state index is 0.533. The van der Waals surface area contributed by atoms with Crippen molar-refractivity contribution in [1.29, 1.82) is 0 Å². The maximum Gasteiger partial charge on any atom is 0.230 e. The molecule has 7 nitrogen and oxygen atoms in total. The standard InChI is InChI=1S/C13H12BrN7/c1-20-4-2-10(19-20)17-13-16-7-8-6-9(14)12-15-3-5-21(12)11(8)18-13/h2,4,6-7H,3,5H2,1H3,(H,16,17,18,19). The molecule has 0 unspecified atom stereocenters. The summed E-state index contributed by atoms with van der Waals surface area (Å²) in [5, 5.41) is 7.38. The maximum absolute atomic E-state index is 4.60. The van der Waals surface area contributed by atoms with Gasteiger partial charge in [0.25, 0.3) is 0 Å². The second-order valence-electron chi connectivity index (χ2n) is 4.82. The molecule has 2 aromatic rings. The lowest BCUT2D eigenvalue weighted by atomic mass is 10.2.